The van der Waals surface area contributed by atoms with Crippen molar-refractivity contribution in [3.05, 3.63) is 0 Å². The van der Waals surface area contributed by atoms with E-state index in [4.69, 9.17) is 17.2 Å². The van der Waals surface area contributed by atoms with E-state index in [9.17, 15) is 29.1 Å². The predicted octanol–water partition coefficient (Wildman–Crippen LogP) is -0.526. The van der Waals surface area contributed by atoms with Gasteiger partial charge in [0.1, 0.15) is 12.1 Å². The number of hydrogen-bond donors (Lipinski definition) is 6. The minimum Gasteiger partial charge on any atom is -0.393 e. The molecule has 0 saturated heterocycles. The van der Waals surface area contributed by atoms with E-state index in [1.165, 1.54) is 19.3 Å². The molecule has 32 heavy (non-hydrogen) atoms. The summed E-state index contributed by atoms with van der Waals surface area (Å²) in [7, 11) is 0. The highest BCUT2D eigenvalue weighted by Gasteiger charge is 2.27. The van der Waals surface area contributed by atoms with Crippen LogP contribution in [0.4, 0.5) is 0 Å². The largest absolute Gasteiger partial charge is 0.393 e. The Morgan fingerprint density at radius 3 is 1.88 bits per heavy atom. The number of amides is 5. The highest BCUT2D eigenvalue weighted by molar-refractivity contribution is 5.94. The highest BCUT2D eigenvalue weighted by atomic mass is 16.3. The van der Waals surface area contributed by atoms with E-state index in [0.717, 1.165) is 25.7 Å². The Kier molecular flexibility index (Phi) is 15.5. The summed E-state index contributed by atoms with van der Waals surface area (Å²) in [5, 5.41) is 14.7. The van der Waals surface area contributed by atoms with Gasteiger partial charge in [-0.1, -0.05) is 51.9 Å². The normalized spacial score (nSPS) is 13.6. The van der Waals surface area contributed by atoms with Gasteiger partial charge in [0, 0.05) is 6.42 Å². The molecule has 11 nitrogen and oxygen atoms in total. The van der Waals surface area contributed by atoms with Crippen LogP contribution >= 0.6 is 0 Å². The molecule has 0 aromatic rings. The molecular weight excluding hydrogens is 418 g/mol. The topological polar surface area (TPSA) is 208 Å². The van der Waals surface area contributed by atoms with Crippen LogP contribution < -0.4 is 27.8 Å². The van der Waals surface area contributed by atoms with E-state index in [2.05, 4.69) is 17.6 Å². The van der Waals surface area contributed by atoms with Crippen molar-refractivity contribution in [3.63, 3.8) is 0 Å². The van der Waals surface area contributed by atoms with Crippen LogP contribution in [0, 0.1) is 0 Å². The number of unbranched alkanes of at least 4 members (excludes halogenated alkanes) is 6. The van der Waals surface area contributed by atoms with Crippen molar-refractivity contribution in [1.82, 2.24) is 10.6 Å². The Labute approximate surface area is 189 Å². The maximum Gasteiger partial charge on any atom is 0.243 e. The highest BCUT2D eigenvalue weighted by Crippen LogP contribution is 2.11. The van der Waals surface area contributed by atoms with Gasteiger partial charge in [0.05, 0.1) is 18.9 Å². The molecular formula is C21H39N5O6. The molecule has 184 valence electrons. The van der Waals surface area contributed by atoms with E-state index in [1.54, 1.807) is 0 Å². The summed E-state index contributed by atoms with van der Waals surface area (Å²) in [5.41, 5.74) is 15.4. The van der Waals surface area contributed by atoms with Crippen molar-refractivity contribution in [2.45, 2.75) is 102 Å². The summed E-state index contributed by atoms with van der Waals surface area (Å²) >= 11 is 0. The van der Waals surface area contributed by atoms with Gasteiger partial charge in [-0.3, -0.25) is 24.0 Å². The lowest BCUT2D eigenvalue weighted by atomic mass is 10.0. The zero-order chi connectivity index (χ0) is 24.5. The molecule has 5 amide bonds. The number of aliphatic hydroxyl groups excluding tert-OH is 1. The van der Waals surface area contributed by atoms with E-state index in [1.807, 2.05) is 0 Å². The van der Waals surface area contributed by atoms with Crippen LogP contribution in [0.15, 0.2) is 0 Å². The molecule has 0 radical (unpaired) electrons. The molecule has 9 N–H and O–H groups in total. The van der Waals surface area contributed by atoms with Crippen molar-refractivity contribution in [3.8, 4) is 0 Å². The molecule has 0 saturated carbocycles. The number of rotatable bonds is 19. The van der Waals surface area contributed by atoms with Crippen LogP contribution in [-0.4, -0.2) is 52.8 Å². The van der Waals surface area contributed by atoms with Gasteiger partial charge < -0.3 is 32.9 Å². The number of carbonyl (C=O) groups excluding carboxylic acids is 5. The molecule has 0 aliphatic heterocycles. The molecule has 11 heteroatoms. The van der Waals surface area contributed by atoms with E-state index in [0.29, 0.717) is 6.42 Å². The first-order valence-electron chi connectivity index (χ1n) is 11.2. The lowest BCUT2D eigenvalue weighted by Gasteiger charge is -2.21. The first kappa shape index (κ1) is 29.3. The zero-order valence-electron chi connectivity index (χ0n) is 18.9. The van der Waals surface area contributed by atoms with Crippen LogP contribution in [0.3, 0.4) is 0 Å². The monoisotopic (exact) mass is 457 g/mol. The Morgan fingerprint density at radius 1 is 0.750 bits per heavy atom. The summed E-state index contributed by atoms with van der Waals surface area (Å²) in [6.07, 6.45) is 6.10. The van der Waals surface area contributed by atoms with E-state index < -0.39 is 54.1 Å². The van der Waals surface area contributed by atoms with Gasteiger partial charge in [-0.15, -0.1) is 0 Å². The molecule has 0 fully saturated rings. The lowest BCUT2D eigenvalue weighted by Crippen LogP contribution is -2.54. The van der Waals surface area contributed by atoms with Crippen molar-refractivity contribution >= 4 is 29.5 Å². The van der Waals surface area contributed by atoms with Crippen molar-refractivity contribution < 1.29 is 29.1 Å². The summed E-state index contributed by atoms with van der Waals surface area (Å²) in [6.45, 7) is 2.15. The van der Waals surface area contributed by atoms with Crippen molar-refractivity contribution in [1.29, 1.82) is 0 Å². The van der Waals surface area contributed by atoms with E-state index in [-0.39, 0.29) is 19.3 Å². The second kappa shape index (κ2) is 16.9. The number of nitrogens with one attached hydrogen (secondary N) is 2. The number of primary amides is 3. The maximum absolute atomic E-state index is 12.5. The predicted molar refractivity (Wildman–Crippen MR) is 119 cm³/mol. The van der Waals surface area contributed by atoms with Crippen molar-refractivity contribution in [2.24, 2.45) is 17.2 Å². The lowest BCUT2D eigenvalue weighted by molar-refractivity contribution is -0.133. The number of hydrogen-bond acceptors (Lipinski definition) is 6. The molecule has 0 rings (SSSR count). The minimum atomic E-state index is -1.35. The van der Waals surface area contributed by atoms with Gasteiger partial charge in [0.15, 0.2) is 0 Å². The molecule has 0 bridgehead atoms. The maximum atomic E-state index is 12.5. The molecule has 0 aromatic carbocycles. The van der Waals surface area contributed by atoms with Crippen LogP contribution in [0.25, 0.3) is 0 Å². The fraction of sp³-hybridized carbons (Fsp3) is 0.762. The Balaban J connectivity index is 4.62. The molecule has 0 unspecified atom stereocenters. The van der Waals surface area contributed by atoms with Crippen LogP contribution in [0.1, 0.15) is 84.0 Å². The summed E-state index contributed by atoms with van der Waals surface area (Å²) in [5.74, 6) is -3.90. The Hall–Kier alpha value is -2.69. The van der Waals surface area contributed by atoms with Gasteiger partial charge in [0.25, 0.3) is 0 Å². The third kappa shape index (κ3) is 15.2. The van der Waals surface area contributed by atoms with Gasteiger partial charge >= 0.3 is 0 Å². The average Bonchev–Trinajstić information content (AvgIpc) is 2.68. The molecule has 0 aliphatic carbocycles. The Bertz CT molecular complexity index is 628. The quantitative estimate of drug-likeness (QED) is 0.140. The van der Waals surface area contributed by atoms with Crippen LogP contribution in [0.2, 0.25) is 0 Å². The van der Waals surface area contributed by atoms with E-state index >= 15 is 0 Å². The smallest absolute Gasteiger partial charge is 0.243 e. The fourth-order valence-electron chi connectivity index (χ4n) is 3.16. The average molecular weight is 458 g/mol. The Morgan fingerprint density at radius 2 is 1.34 bits per heavy atom. The first-order valence-corrected chi connectivity index (χ1v) is 11.2. The second-order valence-corrected chi connectivity index (χ2v) is 8.03. The molecule has 0 aliphatic rings. The van der Waals surface area contributed by atoms with Gasteiger partial charge in [-0.05, 0) is 12.8 Å². The minimum absolute atomic E-state index is 0.120. The third-order valence-corrected chi connectivity index (χ3v) is 4.96. The third-order valence-electron chi connectivity index (χ3n) is 4.96. The van der Waals surface area contributed by atoms with Crippen LogP contribution in [-0.2, 0) is 24.0 Å². The summed E-state index contributed by atoms with van der Waals surface area (Å²) in [6, 6.07) is -2.55. The second-order valence-electron chi connectivity index (χ2n) is 8.03. The fourth-order valence-corrected chi connectivity index (χ4v) is 3.16. The zero-order valence-corrected chi connectivity index (χ0v) is 18.9. The molecule has 0 spiro atoms. The summed E-state index contributed by atoms with van der Waals surface area (Å²) in [4.78, 5) is 58.4. The van der Waals surface area contributed by atoms with Gasteiger partial charge in [-0.25, -0.2) is 0 Å². The van der Waals surface area contributed by atoms with Crippen LogP contribution in [0.5, 0.6) is 0 Å². The summed E-state index contributed by atoms with van der Waals surface area (Å²) < 4.78 is 0. The number of nitrogens with two attached hydrogens (primary N) is 3. The first-order chi connectivity index (χ1) is 15.1. The number of aliphatic hydroxyl groups is 1. The van der Waals surface area contributed by atoms with Gasteiger partial charge in [-0.2, -0.15) is 0 Å². The molecule has 0 heterocycles. The molecule has 0 aromatic heterocycles. The van der Waals surface area contributed by atoms with Crippen molar-refractivity contribution in [2.75, 3.05) is 0 Å². The standard InChI is InChI=1S/C21H39N5O6/c1-2-3-4-5-6-7-8-9-14(27)12-19(30)25-16(13-18(23)29)21(32)26-15(20(24)31)10-11-17(22)28/h14-16,27H,2-13H2,1H3,(H2,22,28)(H2,23,29)(H2,24,31)(H,25,30)(H,26,32)/t14-,15-,16+/m0/s1. The SMILES string of the molecule is CCCCCCCCC[C@H](O)CC(=O)N[C@H](CC(N)=O)C(=O)N[C@@H](CCC(N)=O)C(N)=O. The number of carbonyl (C=O) groups is 5. The van der Waals surface area contributed by atoms with Gasteiger partial charge in [0.2, 0.25) is 29.5 Å². The molecule has 3 atom stereocenters.